The maximum absolute atomic E-state index is 12.4. The maximum Gasteiger partial charge on any atom is 0.239 e. The molecule has 1 amide bonds. The summed E-state index contributed by atoms with van der Waals surface area (Å²) >= 11 is 0. The average molecular weight is 296 g/mol. The summed E-state index contributed by atoms with van der Waals surface area (Å²) in [6, 6.07) is 0.211. The molecule has 21 heavy (non-hydrogen) atoms. The lowest BCUT2D eigenvalue weighted by atomic mass is 9.99. The fourth-order valence-electron chi connectivity index (χ4n) is 3.39. The lowest BCUT2D eigenvalue weighted by Crippen LogP contribution is -2.52. The highest BCUT2D eigenvalue weighted by Gasteiger charge is 2.34. The molecular formula is C16H32N4O. The Morgan fingerprint density at radius 3 is 2.43 bits per heavy atom. The molecule has 3 unspecified atom stereocenters. The first-order chi connectivity index (χ1) is 10.1. The van der Waals surface area contributed by atoms with Crippen LogP contribution in [0, 0.1) is 5.92 Å². The van der Waals surface area contributed by atoms with Crippen molar-refractivity contribution >= 4 is 5.91 Å². The van der Waals surface area contributed by atoms with Gasteiger partial charge in [-0.1, -0.05) is 27.2 Å². The van der Waals surface area contributed by atoms with Crippen molar-refractivity contribution in [3.8, 4) is 0 Å². The highest BCUT2D eigenvalue weighted by molar-refractivity contribution is 5.82. The van der Waals surface area contributed by atoms with E-state index in [2.05, 4.69) is 30.6 Å². The molecule has 0 aromatic rings. The number of carbonyl (C=O) groups is 1. The van der Waals surface area contributed by atoms with Crippen molar-refractivity contribution in [3.63, 3.8) is 0 Å². The lowest BCUT2D eigenvalue weighted by Gasteiger charge is -2.37. The summed E-state index contributed by atoms with van der Waals surface area (Å²) in [6.45, 7) is 13.9. The Bertz CT molecular complexity index is 341. The smallest absolute Gasteiger partial charge is 0.239 e. The summed E-state index contributed by atoms with van der Waals surface area (Å²) in [5.41, 5.74) is 6.10. The first kappa shape index (κ1) is 16.7. The molecular weight excluding hydrogens is 264 g/mol. The van der Waals surface area contributed by atoms with Gasteiger partial charge in [0.2, 0.25) is 5.91 Å². The monoisotopic (exact) mass is 296 g/mol. The fourth-order valence-corrected chi connectivity index (χ4v) is 3.39. The summed E-state index contributed by atoms with van der Waals surface area (Å²) in [5.74, 6) is 0.420. The van der Waals surface area contributed by atoms with Crippen LogP contribution in [0.4, 0.5) is 0 Å². The van der Waals surface area contributed by atoms with E-state index < -0.39 is 0 Å². The molecule has 0 spiro atoms. The second-order valence-electron chi connectivity index (χ2n) is 6.61. The van der Waals surface area contributed by atoms with Crippen molar-refractivity contribution in [2.45, 2.75) is 45.7 Å². The molecule has 0 aliphatic carbocycles. The van der Waals surface area contributed by atoms with Crippen LogP contribution in [0.1, 0.15) is 33.6 Å². The van der Waals surface area contributed by atoms with E-state index in [9.17, 15) is 4.79 Å². The predicted molar refractivity (Wildman–Crippen MR) is 86.1 cm³/mol. The number of piperazine rings is 1. The minimum absolute atomic E-state index is 0.152. The van der Waals surface area contributed by atoms with E-state index in [0.717, 1.165) is 58.7 Å². The molecule has 3 atom stereocenters. The third-order valence-electron chi connectivity index (χ3n) is 5.39. The highest BCUT2D eigenvalue weighted by atomic mass is 16.2. The van der Waals surface area contributed by atoms with Gasteiger partial charge in [0, 0.05) is 45.3 Å². The molecule has 2 rings (SSSR count). The Morgan fingerprint density at radius 2 is 1.86 bits per heavy atom. The molecule has 0 aromatic heterocycles. The van der Waals surface area contributed by atoms with Gasteiger partial charge in [0.1, 0.15) is 0 Å². The molecule has 2 heterocycles. The Morgan fingerprint density at radius 1 is 1.19 bits per heavy atom. The molecule has 0 aromatic carbocycles. The average Bonchev–Trinajstić information content (AvgIpc) is 3.02. The Labute approximate surface area is 129 Å². The lowest BCUT2D eigenvalue weighted by molar-refractivity contribution is -0.132. The van der Waals surface area contributed by atoms with Gasteiger partial charge in [0.15, 0.2) is 0 Å². The number of nitrogens with two attached hydrogens (primary N) is 1. The zero-order chi connectivity index (χ0) is 15.4. The molecule has 2 saturated heterocycles. The van der Waals surface area contributed by atoms with Crippen molar-refractivity contribution < 1.29 is 4.79 Å². The summed E-state index contributed by atoms with van der Waals surface area (Å²) in [5, 5.41) is 0. The Balaban J connectivity index is 1.82. The first-order valence-corrected chi connectivity index (χ1v) is 8.57. The molecule has 2 N–H and O–H groups in total. The van der Waals surface area contributed by atoms with Crippen LogP contribution in [0.3, 0.4) is 0 Å². The van der Waals surface area contributed by atoms with Crippen molar-refractivity contribution in [2.75, 3.05) is 45.8 Å². The number of carbonyl (C=O) groups excluding carboxylic acids is 1. The minimum Gasteiger partial charge on any atom is -0.340 e. The van der Waals surface area contributed by atoms with Crippen LogP contribution in [-0.2, 0) is 4.79 Å². The molecule has 0 radical (unpaired) electrons. The van der Waals surface area contributed by atoms with Gasteiger partial charge in [-0.15, -0.1) is 0 Å². The van der Waals surface area contributed by atoms with Crippen molar-refractivity contribution in [1.29, 1.82) is 0 Å². The largest absolute Gasteiger partial charge is 0.340 e. The van der Waals surface area contributed by atoms with Gasteiger partial charge < -0.3 is 15.5 Å². The molecule has 2 aliphatic rings. The summed E-state index contributed by atoms with van der Waals surface area (Å²) < 4.78 is 0. The summed E-state index contributed by atoms with van der Waals surface area (Å²) in [4.78, 5) is 19.5. The van der Waals surface area contributed by atoms with Crippen LogP contribution in [0.2, 0.25) is 0 Å². The third kappa shape index (κ3) is 3.96. The van der Waals surface area contributed by atoms with Crippen LogP contribution in [0.25, 0.3) is 0 Å². The summed E-state index contributed by atoms with van der Waals surface area (Å²) in [6.07, 6.45) is 2.06. The topological polar surface area (TPSA) is 52.8 Å². The van der Waals surface area contributed by atoms with Crippen molar-refractivity contribution in [1.82, 2.24) is 14.7 Å². The first-order valence-electron chi connectivity index (χ1n) is 8.57. The van der Waals surface area contributed by atoms with Crippen LogP contribution >= 0.6 is 0 Å². The number of likely N-dealkylation sites (N-methyl/N-ethyl adjacent to an activating group) is 1. The molecule has 2 aliphatic heterocycles. The number of rotatable bonds is 5. The van der Waals surface area contributed by atoms with Crippen molar-refractivity contribution in [2.24, 2.45) is 11.7 Å². The van der Waals surface area contributed by atoms with Gasteiger partial charge in [0.05, 0.1) is 6.04 Å². The number of amides is 1. The predicted octanol–water partition coefficient (Wildman–Crippen LogP) is 0.598. The standard InChI is InChI=1S/C16H32N4O/c1-4-13(3)15(17)16(21)20-7-6-14(12-20)19-10-8-18(5-2)9-11-19/h13-15H,4-12,17H2,1-3H3. The van der Waals surface area contributed by atoms with E-state index in [1.165, 1.54) is 0 Å². The SMILES string of the molecule is CCC(C)C(N)C(=O)N1CCC(N2CCN(CC)CC2)C1. The number of hydrogen-bond acceptors (Lipinski definition) is 4. The van der Waals surface area contributed by atoms with Gasteiger partial charge in [-0.3, -0.25) is 9.69 Å². The molecule has 122 valence electrons. The van der Waals surface area contributed by atoms with Gasteiger partial charge in [-0.25, -0.2) is 0 Å². The van der Waals surface area contributed by atoms with Crippen LogP contribution < -0.4 is 5.73 Å². The van der Waals surface area contributed by atoms with E-state index >= 15 is 0 Å². The zero-order valence-corrected chi connectivity index (χ0v) is 13.9. The van der Waals surface area contributed by atoms with Crippen LogP contribution in [-0.4, -0.2) is 78.5 Å². The van der Waals surface area contributed by atoms with Gasteiger partial charge >= 0.3 is 0 Å². The Kier molecular flexibility index (Phi) is 6.02. The number of hydrogen-bond donors (Lipinski definition) is 1. The van der Waals surface area contributed by atoms with Gasteiger partial charge in [-0.2, -0.15) is 0 Å². The second-order valence-corrected chi connectivity index (χ2v) is 6.61. The second kappa shape index (κ2) is 7.56. The maximum atomic E-state index is 12.4. The molecule has 0 bridgehead atoms. The van der Waals surface area contributed by atoms with E-state index in [1.54, 1.807) is 0 Å². The molecule has 2 fully saturated rings. The normalized spacial score (nSPS) is 27.8. The van der Waals surface area contributed by atoms with E-state index in [0.29, 0.717) is 6.04 Å². The van der Waals surface area contributed by atoms with Gasteiger partial charge in [0.25, 0.3) is 0 Å². The van der Waals surface area contributed by atoms with Crippen LogP contribution in [0.15, 0.2) is 0 Å². The molecule has 5 nitrogen and oxygen atoms in total. The third-order valence-corrected chi connectivity index (χ3v) is 5.39. The summed E-state index contributed by atoms with van der Waals surface area (Å²) in [7, 11) is 0. The van der Waals surface area contributed by atoms with Crippen LogP contribution in [0.5, 0.6) is 0 Å². The van der Waals surface area contributed by atoms with E-state index in [4.69, 9.17) is 5.73 Å². The fraction of sp³-hybridized carbons (Fsp3) is 0.938. The number of likely N-dealkylation sites (tertiary alicyclic amines) is 1. The zero-order valence-electron chi connectivity index (χ0n) is 13.9. The quantitative estimate of drug-likeness (QED) is 0.807. The highest BCUT2D eigenvalue weighted by Crippen LogP contribution is 2.19. The van der Waals surface area contributed by atoms with E-state index in [-0.39, 0.29) is 17.9 Å². The minimum atomic E-state index is -0.328. The molecule has 5 heteroatoms. The number of nitrogens with zero attached hydrogens (tertiary/aromatic N) is 3. The molecule has 0 saturated carbocycles. The van der Waals surface area contributed by atoms with Gasteiger partial charge in [-0.05, 0) is 18.9 Å². The van der Waals surface area contributed by atoms with E-state index in [1.807, 2.05) is 4.90 Å². The van der Waals surface area contributed by atoms with Crippen molar-refractivity contribution in [3.05, 3.63) is 0 Å². The Hall–Kier alpha value is -0.650.